The predicted octanol–water partition coefficient (Wildman–Crippen LogP) is 4.03. The number of hydrogen-bond donors (Lipinski definition) is 2. The molecule has 0 saturated carbocycles. The highest BCUT2D eigenvalue weighted by molar-refractivity contribution is 6.38. The van der Waals surface area contributed by atoms with Crippen molar-refractivity contribution < 1.29 is 17.9 Å². The lowest BCUT2D eigenvalue weighted by Crippen LogP contribution is -2.07. The van der Waals surface area contributed by atoms with Gasteiger partial charge in [-0.3, -0.25) is 10.2 Å². The second kappa shape index (κ2) is 6.02. The average molecular weight is 397 g/mol. The second-order valence-corrected chi connectivity index (χ2v) is 6.13. The number of benzene rings is 1. The molecule has 0 atom stereocenters. The number of aromatic nitrogens is 6. The zero-order chi connectivity index (χ0) is 19.3. The minimum atomic E-state index is -4.63. The molecule has 0 saturated heterocycles. The van der Waals surface area contributed by atoms with Gasteiger partial charge in [-0.05, 0) is 12.1 Å². The molecule has 4 aromatic rings. The topological polar surface area (TPSA) is 84.4 Å². The largest absolute Gasteiger partial charge is 0.495 e. The van der Waals surface area contributed by atoms with Crippen molar-refractivity contribution in [2.75, 3.05) is 7.11 Å². The Hall–Kier alpha value is -3.01. The van der Waals surface area contributed by atoms with Crippen LogP contribution in [0.15, 0.2) is 24.5 Å². The standard InChI is InChI=1S/C16H12ClF3N6O/c1-26-8-3-4-9(27-2)12(17)11(8)10(7-5-21-22-6-7)13(26)14-23-15(25-24-14)16(18,19)20/h3-6H,1-2H3,(H,21,22)(H,23,24,25). The molecule has 0 bridgehead atoms. The summed E-state index contributed by atoms with van der Waals surface area (Å²) >= 11 is 6.52. The summed E-state index contributed by atoms with van der Waals surface area (Å²) < 4.78 is 45.9. The molecule has 4 rings (SSSR count). The number of hydrogen-bond acceptors (Lipinski definition) is 4. The number of rotatable bonds is 3. The van der Waals surface area contributed by atoms with Gasteiger partial charge in [-0.15, -0.1) is 0 Å². The third kappa shape index (κ3) is 2.64. The van der Waals surface area contributed by atoms with Gasteiger partial charge < -0.3 is 9.30 Å². The Morgan fingerprint density at radius 2 is 2.04 bits per heavy atom. The van der Waals surface area contributed by atoms with Crippen molar-refractivity contribution in [2.45, 2.75) is 6.18 Å². The molecule has 0 aliphatic heterocycles. The molecule has 27 heavy (non-hydrogen) atoms. The van der Waals surface area contributed by atoms with Crippen molar-refractivity contribution in [1.82, 2.24) is 29.9 Å². The Bertz CT molecular complexity index is 1130. The van der Waals surface area contributed by atoms with Crippen LogP contribution >= 0.6 is 11.6 Å². The van der Waals surface area contributed by atoms with E-state index < -0.39 is 12.0 Å². The molecule has 0 radical (unpaired) electrons. The van der Waals surface area contributed by atoms with Crippen LogP contribution in [0.3, 0.4) is 0 Å². The predicted molar refractivity (Wildman–Crippen MR) is 92.4 cm³/mol. The number of nitrogens with zero attached hydrogens (tertiary/aromatic N) is 4. The molecule has 0 unspecified atom stereocenters. The van der Waals surface area contributed by atoms with Crippen LogP contribution in [0.4, 0.5) is 13.2 Å². The SMILES string of the molecule is COc1ccc2c(c1Cl)c(-c1cn[nH]c1)c(-c1n[nH]c(C(F)(F)F)n1)n2C. The van der Waals surface area contributed by atoms with Gasteiger partial charge in [0.2, 0.25) is 5.82 Å². The van der Waals surface area contributed by atoms with Crippen molar-refractivity contribution >= 4 is 22.5 Å². The van der Waals surface area contributed by atoms with Crippen LogP contribution in [0.25, 0.3) is 33.5 Å². The normalized spacial score (nSPS) is 12.1. The minimum Gasteiger partial charge on any atom is -0.495 e. The van der Waals surface area contributed by atoms with Crippen molar-refractivity contribution in [2.24, 2.45) is 7.05 Å². The van der Waals surface area contributed by atoms with Gasteiger partial charge in [0.15, 0.2) is 5.82 Å². The van der Waals surface area contributed by atoms with E-state index in [4.69, 9.17) is 16.3 Å². The van der Waals surface area contributed by atoms with E-state index in [2.05, 4.69) is 20.3 Å². The Kier molecular flexibility index (Phi) is 3.88. The number of fused-ring (bicyclic) bond motifs is 1. The smallest absolute Gasteiger partial charge is 0.451 e. The molecule has 0 aliphatic carbocycles. The third-order valence-corrected chi connectivity index (χ3v) is 4.62. The van der Waals surface area contributed by atoms with E-state index in [-0.39, 0.29) is 5.82 Å². The molecule has 0 aliphatic rings. The first-order valence-corrected chi connectivity index (χ1v) is 8.04. The first-order valence-electron chi connectivity index (χ1n) is 7.67. The highest BCUT2D eigenvalue weighted by atomic mass is 35.5. The summed E-state index contributed by atoms with van der Waals surface area (Å²) in [5.74, 6) is -0.839. The molecule has 1 aromatic carbocycles. The van der Waals surface area contributed by atoms with E-state index in [1.54, 1.807) is 36.1 Å². The zero-order valence-corrected chi connectivity index (χ0v) is 14.8. The van der Waals surface area contributed by atoms with Crippen molar-refractivity contribution in [3.05, 3.63) is 35.4 Å². The van der Waals surface area contributed by atoms with E-state index in [1.807, 2.05) is 5.10 Å². The molecule has 2 N–H and O–H groups in total. The van der Waals surface area contributed by atoms with Gasteiger partial charge in [0.25, 0.3) is 0 Å². The summed E-state index contributed by atoms with van der Waals surface area (Å²) in [5, 5.41) is 13.3. The number of methoxy groups -OCH3 is 1. The Labute approximate surface area is 155 Å². The minimum absolute atomic E-state index is 0.104. The maximum absolute atomic E-state index is 13.0. The quantitative estimate of drug-likeness (QED) is 0.547. The van der Waals surface area contributed by atoms with Crippen LogP contribution in [0.2, 0.25) is 5.02 Å². The third-order valence-electron chi connectivity index (χ3n) is 4.24. The number of ether oxygens (including phenoxy) is 1. The Morgan fingerprint density at radius 3 is 2.63 bits per heavy atom. The zero-order valence-electron chi connectivity index (χ0n) is 14.0. The Balaban J connectivity index is 2.09. The molecule has 140 valence electrons. The van der Waals surface area contributed by atoms with Crippen LogP contribution in [-0.2, 0) is 13.2 Å². The molecular formula is C16H12ClF3N6O. The van der Waals surface area contributed by atoms with Gasteiger partial charge in [0, 0.05) is 29.8 Å². The van der Waals surface area contributed by atoms with Crippen molar-refractivity contribution in [3.8, 4) is 28.4 Å². The molecule has 11 heteroatoms. The first kappa shape index (κ1) is 17.4. The lowest BCUT2D eigenvalue weighted by Gasteiger charge is -2.05. The van der Waals surface area contributed by atoms with Crippen LogP contribution < -0.4 is 4.74 Å². The van der Waals surface area contributed by atoms with Gasteiger partial charge in [-0.25, -0.2) is 4.98 Å². The monoisotopic (exact) mass is 396 g/mol. The van der Waals surface area contributed by atoms with Gasteiger partial charge in [0.05, 0.1) is 29.5 Å². The number of aromatic amines is 2. The number of aryl methyl sites for hydroxylation is 1. The second-order valence-electron chi connectivity index (χ2n) is 5.75. The van der Waals surface area contributed by atoms with Gasteiger partial charge in [-0.2, -0.15) is 23.4 Å². The van der Waals surface area contributed by atoms with Crippen molar-refractivity contribution in [1.29, 1.82) is 0 Å². The summed E-state index contributed by atoms with van der Waals surface area (Å²) in [4.78, 5) is 3.63. The lowest BCUT2D eigenvalue weighted by molar-refractivity contribution is -0.144. The maximum atomic E-state index is 13.0. The first-order chi connectivity index (χ1) is 12.8. The summed E-state index contributed by atoms with van der Waals surface area (Å²) in [5.41, 5.74) is 2.24. The summed E-state index contributed by atoms with van der Waals surface area (Å²) in [7, 11) is 3.19. The van der Waals surface area contributed by atoms with Gasteiger partial charge >= 0.3 is 6.18 Å². The van der Waals surface area contributed by atoms with E-state index >= 15 is 0 Å². The van der Waals surface area contributed by atoms with Crippen LogP contribution in [-0.4, -0.2) is 37.1 Å². The Morgan fingerprint density at radius 1 is 1.26 bits per heavy atom. The van der Waals surface area contributed by atoms with Gasteiger partial charge in [-0.1, -0.05) is 11.6 Å². The van der Waals surface area contributed by atoms with Crippen LogP contribution in [0, 0.1) is 0 Å². The molecule has 7 nitrogen and oxygen atoms in total. The highest BCUT2D eigenvalue weighted by Gasteiger charge is 2.36. The van der Waals surface area contributed by atoms with E-state index in [0.717, 1.165) is 0 Å². The molecular weight excluding hydrogens is 385 g/mol. The number of halogens is 4. The number of H-pyrrole nitrogens is 2. The van der Waals surface area contributed by atoms with E-state index in [9.17, 15) is 13.2 Å². The molecule has 3 heterocycles. The summed E-state index contributed by atoms with van der Waals surface area (Å²) in [6, 6.07) is 3.46. The molecule has 0 fully saturated rings. The number of nitrogens with one attached hydrogen (secondary N) is 2. The summed E-state index contributed by atoms with van der Waals surface area (Å²) in [6.45, 7) is 0. The number of alkyl halides is 3. The maximum Gasteiger partial charge on any atom is 0.451 e. The fraction of sp³-hybridized carbons (Fsp3) is 0.188. The van der Waals surface area contributed by atoms with Crippen LogP contribution in [0.1, 0.15) is 5.82 Å². The fourth-order valence-corrected chi connectivity index (χ4v) is 3.38. The lowest BCUT2D eigenvalue weighted by atomic mass is 10.0. The fourth-order valence-electron chi connectivity index (χ4n) is 3.05. The molecule has 0 amide bonds. The van der Waals surface area contributed by atoms with E-state index in [1.165, 1.54) is 7.11 Å². The van der Waals surface area contributed by atoms with Crippen LogP contribution in [0.5, 0.6) is 5.75 Å². The van der Waals surface area contributed by atoms with Crippen molar-refractivity contribution in [3.63, 3.8) is 0 Å². The average Bonchev–Trinajstić information content (AvgIpc) is 3.33. The highest BCUT2D eigenvalue weighted by Crippen LogP contribution is 2.45. The summed E-state index contributed by atoms with van der Waals surface area (Å²) in [6.07, 6.45) is -1.47. The van der Waals surface area contributed by atoms with E-state index in [0.29, 0.717) is 38.5 Å². The van der Waals surface area contributed by atoms with Gasteiger partial charge in [0.1, 0.15) is 5.75 Å². The molecule has 3 aromatic heterocycles. The molecule has 0 spiro atoms.